The first-order valence-corrected chi connectivity index (χ1v) is 7.72. The minimum absolute atomic E-state index is 0.530. The molecular formula is C19H20O4. The quantitative estimate of drug-likeness (QED) is 0.795. The van der Waals surface area contributed by atoms with Gasteiger partial charge in [0.15, 0.2) is 0 Å². The second-order valence-corrected chi connectivity index (χ2v) is 5.83. The number of rotatable bonds is 7. The number of carboxylic acids is 1. The van der Waals surface area contributed by atoms with Crippen LogP contribution >= 0.6 is 0 Å². The third-order valence-electron chi connectivity index (χ3n) is 4.34. The van der Waals surface area contributed by atoms with Gasteiger partial charge in [-0.15, -0.1) is 0 Å². The van der Waals surface area contributed by atoms with Crippen molar-refractivity contribution in [3.8, 4) is 16.9 Å². The minimum Gasteiger partial charge on any atom is -0.491 e. The third kappa shape index (κ3) is 3.22. The van der Waals surface area contributed by atoms with Gasteiger partial charge in [-0.3, -0.25) is 4.79 Å². The molecule has 0 aromatic heterocycles. The van der Waals surface area contributed by atoms with Gasteiger partial charge in [0, 0.05) is 7.11 Å². The minimum atomic E-state index is -0.720. The highest BCUT2D eigenvalue weighted by atomic mass is 16.5. The summed E-state index contributed by atoms with van der Waals surface area (Å²) in [7, 11) is 1.65. The number of hydrogen-bond acceptors (Lipinski definition) is 3. The van der Waals surface area contributed by atoms with Crippen LogP contribution in [0.3, 0.4) is 0 Å². The SMILES string of the molecule is COCCOc1ccc(-c2ccc(C3(C(=O)O)CC3)cc2)cc1. The zero-order valence-electron chi connectivity index (χ0n) is 13.1. The van der Waals surface area contributed by atoms with Crippen molar-refractivity contribution in [2.45, 2.75) is 18.3 Å². The van der Waals surface area contributed by atoms with Crippen molar-refractivity contribution in [3.63, 3.8) is 0 Å². The summed E-state index contributed by atoms with van der Waals surface area (Å²) in [6, 6.07) is 15.7. The largest absolute Gasteiger partial charge is 0.491 e. The Bertz CT molecular complexity index is 670. The van der Waals surface area contributed by atoms with Crippen molar-refractivity contribution in [2.75, 3.05) is 20.3 Å². The van der Waals surface area contributed by atoms with Gasteiger partial charge in [0.25, 0.3) is 0 Å². The fourth-order valence-electron chi connectivity index (χ4n) is 2.72. The van der Waals surface area contributed by atoms with Crippen LogP contribution in [-0.2, 0) is 14.9 Å². The van der Waals surface area contributed by atoms with Crippen LogP contribution in [-0.4, -0.2) is 31.4 Å². The van der Waals surface area contributed by atoms with E-state index in [0.717, 1.165) is 35.3 Å². The van der Waals surface area contributed by atoms with E-state index in [0.29, 0.717) is 13.2 Å². The van der Waals surface area contributed by atoms with Crippen molar-refractivity contribution < 1.29 is 19.4 Å². The van der Waals surface area contributed by atoms with Crippen LogP contribution in [0.5, 0.6) is 5.75 Å². The van der Waals surface area contributed by atoms with Gasteiger partial charge in [-0.05, 0) is 41.7 Å². The van der Waals surface area contributed by atoms with E-state index >= 15 is 0 Å². The Kier molecular flexibility index (Phi) is 4.35. The first kappa shape index (κ1) is 15.6. The van der Waals surface area contributed by atoms with E-state index in [-0.39, 0.29) is 0 Å². The smallest absolute Gasteiger partial charge is 0.314 e. The third-order valence-corrected chi connectivity index (χ3v) is 4.34. The van der Waals surface area contributed by atoms with Gasteiger partial charge in [-0.25, -0.2) is 0 Å². The number of benzene rings is 2. The predicted octanol–water partition coefficient (Wildman–Crippen LogP) is 3.50. The lowest BCUT2D eigenvalue weighted by atomic mass is 9.94. The summed E-state index contributed by atoms with van der Waals surface area (Å²) in [4.78, 5) is 11.4. The Morgan fingerprint density at radius 2 is 1.57 bits per heavy atom. The van der Waals surface area contributed by atoms with Crippen molar-refractivity contribution in [1.82, 2.24) is 0 Å². The van der Waals surface area contributed by atoms with E-state index in [4.69, 9.17) is 9.47 Å². The molecule has 2 aromatic carbocycles. The second kappa shape index (κ2) is 6.42. The maximum atomic E-state index is 11.4. The summed E-state index contributed by atoms with van der Waals surface area (Å²) in [5, 5.41) is 9.34. The number of methoxy groups -OCH3 is 1. The summed E-state index contributed by atoms with van der Waals surface area (Å²) < 4.78 is 10.5. The zero-order chi connectivity index (χ0) is 16.3. The number of ether oxygens (including phenoxy) is 2. The highest BCUT2D eigenvalue weighted by molar-refractivity contribution is 5.85. The molecule has 0 spiro atoms. The lowest BCUT2D eigenvalue weighted by molar-refractivity contribution is -0.140. The standard InChI is InChI=1S/C19H20O4/c1-22-12-13-23-17-8-4-15(5-9-17)14-2-6-16(7-3-14)19(10-11-19)18(20)21/h2-9H,10-13H2,1H3,(H,20,21). The Balaban J connectivity index is 1.71. The molecule has 0 aliphatic heterocycles. The Morgan fingerprint density at radius 1 is 1.00 bits per heavy atom. The van der Waals surface area contributed by atoms with Crippen molar-refractivity contribution >= 4 is 5.97 Å². The van der Waals surface area contributed by atoms with Crippen LogP contribution in [0.1, 0.15) is 18.4 Å². The van der Waals surface area contributed by atoms with E-state index < -0.39 is 11.4 Å². The molecule has 4 nitrogen and oxygen atoms in total. The fourth-order valence-corrected chi connectivity index (χ4v) is 2.72. The molecular weight excluding hydrogens is 292 g/mol. The number of carboxylic acid groups (broad SMARTS) is 1. The summed E-state index contributed by atoms with van der Waals surface area (Å²) >= 11 is 0. The summed E-state index contributed by atoms with van der Waals surface area (Å²) in [5.74, 6) is 0.0908. The van der Waals surface area contributed by atoms with Crippen LogP contribution in [0.4, 0.5) is 0 Å². The molecule has 23 heavy (non-hydrogen) atoms. The molecule has 0 saturated heterocycles. The van der Waals surface area contributed by atoms with Gasteiger partial charge in [-0.1, -0.05) is 36.4 Å². The van der Waals surface area contributed by atoms with Gasteiger partial charge >= 0.3 is 5.97 Å². The highest BCUT2D eigenvalue weighted by Crippen LogP contribution is 2.48. The summed E-state index contributed by atoms with van der Waals surface area (Å²) in [6.45, 7) is 1.09. The van der Waals surface area contributed by atoms with Gasteiger partial charge in [0.1, 0.15) is 12.4 Å². The predicted molar refractivity (Wildman–Crippen MR) is 87.8 cm³/mol. The molecule has 1 saturated carbocycles. The number of hydrogen-bond donors (Lipinski definition) is 1. The molecule has 1 N–H and O–H groups in total. The van der Waals surface area contributed by atoms with Crippen LogP contribution in [0, 0.1) is 0 Å². The highest BCUT2D eigenvalue weighted by Gasteiger charge is 2.51. The van der Waals surface area contributed by atoms with Crippen LogP contribution in [0.15, 0.2) is 48.5 Å². The first-order chi connectivity index (χ1) is 11.2. The molecule has 3 rings (SSSR count). The van der Waals surface area contributed by atoms with E-state index in [1.807, 2.05) is 48.5 Å². The van der Waals surface area contributed by atoms with Gasteiger partial charge in [0.2, 0.25) is 0 Å². The van der Waals surface area contributed by atoms with Crippen LogP contribution < -0.4 is 4.74 Å². The van der Waals surface area contributed by atoms with E-state index in [1.54, 1.807) is 7.11 Å². The maximum absolute atomic E-state index is 11.4. The molecule has 120 valence electrons. The van der Waals surface area contributed by atoms with Gasteiger partial charge < -0.3 is 14.6 Å². The van der Waals surface area contributed by atoms with Crippen LogP contribution in [0.2, 0.25) is 0 Å². The van der Waals surface area contributed by atoms with Gasteiger partial charge in [0.05, 0.1) is 12.0 Å². The molecule has 0 unspecified atom stereocenters. The molecule has 0 atom stereocenters. The Labute approximate surface area is 135 Å². The first-order valence-electron chi connectivity index (χ1n) is 7.72. The van der Waals surface area contributed by atoms with E-state index in [9.17, 15) is 9.90 Å². The van der Waals surface area contributed by atoms with E-state index in [2.05, 4.69) is 0 Å². The van der Waals surface area contributed by atoms with Crippen molar-refractivity contribution in [3.05, 3.63) is 54.1 Å². The molecule has 1 fully saturated rings. The lowest BCUT2D eigenvalue weighted by Gasteiger charge is -2.11. The van der Waals surface area contributed by atoms with Crippen LogP contribution in [0.25, 0.3) is 11.1 Å². The van der Waals surface area contributed by atoms with Crippen molar-refractivity contribution in [1.29, 1.82) is 0 Å². The normalized spacial score (nSPS) is 15.2. The number of aliphatic carboxylic acids is 1. The molecule has 1 aliphatic rings. The molecule has 0 heterocycles. The lowest BCUT2D eigenvalue weighted by Crippen LogP contribution is -2.19. The van der Waals surface area contributed by atoms with E-state index in [1.165, 1.54) is 0 Å². The second-order valence-electron chi connectivity index (χ2n) is 5.83. The zero-order valence-corrected chi connectivity index (χ0v) is 13.1. The fraction of sp³-hybridized carbons (Fsp3) is 0.316. The Hall–Kier alpha value is -2.33. The molecule has 0 radical (unpaired) electrons. The topological polar surface area (TPSA) is 55.8 Å². The average Bonchev–Trinajstić information content (AvgIpc) is 3.38. The van der Waals surface area contributed by atoms with Crippen molar-refractivity contribution in [2.24, 2.45) is 0 Å². The monoisotopic (exact) mass is 312 g/mol. The molecule has 0 bridgehead atoms. The summed E-state index contributed by atoms with van der Waals surface area (Å²) in [6.07, 6.45) is 1.46. The molecule has 0 amide bonds. The summed E-state index contributed by atoms with van der Waals surface area (Å²) in [5.41, 5.74) is 2.40. The molecule has 1 aliphatic carbocycles. The van der Waals surface area contributed by atoms with Gasteiger partial charge in [-0.2, -0.15) is 0 Å². The number of carbonyl (C=O) groups is 1. The molecule has 4 heteroatoms. The average molecular weight is 312 g/mol. The molecule has 2 aromatic rings. The Morgan fingerprint density at radius 3 is 2.04 bits per heavy atom. The maximum Gasteiger partial charge on any atom is 0.314 e.